The number of nitrogens with zero attached hydrogens (tertiary/aromatic N) is 1. The molecule has 0 saturated carbocycles. The fourth-order valence-corrected chi connectivity index (χ4v) is 3.07. The number of amides is 1. The Balaban J connectivity index is 2.35. The summed E-state index contributed by atoms with van der Waals surface area (Å²) < 4.78 is 5.87. The van der Waals surface area contributed by atoms with Crippen molar-refractivity contribution in [2.45, 2.75) is 6.92 Å². The molecule has 1 aromatic rings. The monoisotopic (exact) mass is 279 g/mol. The Kier molecular flexibility index (Phi) is 4.04. The van der Waals surface area contributed by atoms with Crippen molar-refractivity contribution in [3.63, 3.8) is 0 Å². The highest BCUT2D eigenvalue weighted by atomic mass is 32.2. The van der Waals surface area contributed by atoms with Gasteiger partial charge in [-0.2, -0.15) is 0 Å². The summed E-state index contributed by atoms with van der Waals surface area (Å²) in [6, 6.07) is 7.59. The van der Waals surface area contributed by atoms with E-state index in [1.807, 2.05) is 37.3 Å². The van der Waals surface area contributed by atoms with Crippen LogP contribution in [0.5, 0.6) is 5.75 Å². The smallest absolute Gasteiger partial charge is 0.266 e. The van der Waals surface area contributed by atoms with Gasteiger partial charge in [0.1, 0.15) is 10.1 Å². The number of thiocarbonyl (C=S) groups is 1. The SMILES string of the molecule is CCN1C(=O)C(=Cc2ccccc2OC)SC1=S. The molecule has 1 aliphatic rings. The number of rotatable bonds is 3. The van der Waals surface area contributed by atoms with Gasteiger partial charge < -0.3 is 4.74 Å². The van der Waals surface area contributed by atoms with Crippen molar-refractivity contribution in [3.05, 3.63) is 34.7 Å². The van der Waals surface area contributed by atoms with Crippen molar-refractivity contribution in [1.82, 2.24) is 4.90 Å². The molecule has 0 atom stereocenters. The van der Waals surface area contributed by atoms with Crippen molar-refractivity contribution < 1.29 is 9.53 Å². The summed E-state index contributed by atoms with van der Waals surface area (Å²) in [5.41, 5.74) is 0.886. The second-order valence-electron chi connectivity index (χ2n) is 3.67. The van der Waals surface area contributed by atoms with Crippen LogP contribution in [0.15, 0.2) is 29.2 Å². The Morgan fingerprint density at radius 1 is 1.44 bits per heavy atom. The van der Waals surface area contributed by atoms with Gasteiger partial charge in [-0.05, 0) is 19.1 Å². The van der Waals surface area contributed by atoms with Crippen LogP contribution < -0.4 is 4.74 Å². The quantitative estimate of drug-likeness (QED) is 0.628. The van der Waals surface area contributed by atoms with Gasteiger partial charge in [-0.3, -0.25) is 9.69 Å². The molecule has 0 N–H and O–H groups in total. The topological polar surface area (TPSA) is 29.5 Å². The number of carbonyl (C=O) groups excluding carboxylic acids is 1. The predicted molar refractivity (Wildman–Crippen MR) is 78.5 cm³/mol. The highest BCUT2D eigenvalue weighted by Gasteiger charge is 2.30. The molecule has 0 aromatic heterocycles. The first-order valence-electron chi connectivity index (χ1n) is 5.55. The molecule has 1 fully saturated rings. The fourth-order valence-electron chi connectivity index (χ4n) is 1.70. The average Bonchev–Trinajstić information content (AvgIpc) is 2.65. The maximum Gasteiger partial charge on any atom is 0.266 e. The number of methoxy groups -OCH3 is 1. The van der Waals surface area contributed by atoms with E-state index in [1.54, 1.807) is 12.0 Å². The molecule has 94 valence electrons. The Bertz CT molecular complexity index is 525. The molecule has 0 bridgehead atoms. The summed E-state index contributed by atoms with van der Waals surface area (Å²) in [5.74, 6) is 0.720. The molecule has 5 heteroatoms. The summed E-state index contributed by atoms with van der Waals surface area (Å²) in [5, 5.41) is 0. The van der Waals surface area contributed by atoms with E-state index < -0.39 is 0 Å². The molecular weight excluding hydrogens is 266 g/mol. The average molecular weight is 279 g/mol. The first kappa shape index (κ1) is 13.1. The number of carbonyl (C=O) groups is 1. The lowest BCUT2D eigenvalue weighted by atomic mass is 10.2. The minimum Gasteiger partial charge on any atom is -0.496 e. The molecule has 1 aliphatic heterocycles. The van der Waals surface area contributed by atoms with Gasteiger partial charge in [0.05, 0.1) is 12.0 Å². The zero-order valence-corrected chi connectivity index (χ0v) is 11.8. The second kappa shape index (κ2) is 5.54. The minimum atomic E-state index is -0.0293. The zero-order chi connectivity index (χ0) is 13.1. The van der Waals surface area contributed by atoms with Crippen LogP contribution in [-0.4, -0.2) is 28.8 Å². The standard InChI is InChI=1S/C13H13NO2S2/c1-3-14-12(15)11(18-13(14)17)8-9-6-4-5-7-10(9)16-2/h4-8H,3H2,1-2H3. The van der Waals surface area contributed by atoms with E-state index in [1.165, 1.54) is 11.8 Å². The van der Waals surface area contributed by atoms with Crippen LogP contribution in [0.1, 0.15) is 12.5 Å². The maximum absolute atomic E-state index is 12.1. The molecular formula is C13H13NO2S2. The summed E-state index contributed by atoms with van der Waals surface area (Å²) in [7, 11) is 1.62. The van der Waals surface area contributed by atoms with E-state index in [2.05, 4.69) is 0 Å². The highest BCUT2D eigenvalue weighted by Crippen LogP contribution is 2.33. The number of ether oxygens (including phenoxy) is 1. The zero-order valence-electron chi connectivity index (χ0n) is 10.2. The fraction of sp³-hybridized carbons (Fsp3) is 0.231. The number of benzene rings is 1. The van der Waals surface area contributed by atoms with E-state index in [-0.39, 0.29) is 5.91 Å². The first-order chi connectivity index (χ1) is 8.67. The van der Waals surface area contributed by atoms with Gasteiger partial charge in [0.15, 0.2) is 0 Å². The molecule has 0 unspecified atom stereocenters. The lowest BCUT2D eigenvalue weighted by Crippen LogP contribution is -2.27. The molecule has 3 nitrogen and oxygen atoms in total. The van der Waals surface area contributed by atoms with Crippen LogP contribution in [0.4, 0.5) is 0 Å². The molecule has 18 heavy (non-hydrogen) atoms. The molecule has 1 heterocycles. The van der Waals surface area contributed by atoms with Gasteiger partial charge in [-0.25, -0.2) is 0 Å². The number of hydrogen-bond acceptors (Lipinski definition) is 4. The number of likely N-dealkylation sites (N-methyl/N-ethyl adjacent to an activating group) is 1. The Morgan fingerprint density at radius 2 is 2.17 bits per heavy atom. The summed E-state index contributed by atoms with van der Waals surface area (Å²) >= 11 is 6.50. The second-order valence-corrected chi connectivity index (χ2v) is 5.34. The number of thioether (sulfide) groups is 1. The molecule has 1 aromatic carbocycles. The van der Waals surface area contributed by atoms with Crippen molar-refractivity contribution >= 4 is 40.3 Å². The molecule has 1 saturated heterocycles. The van der Waals surface area contributed by atoms with Crippen LogP contribution in [0.2, 0.25) is 0 Å². The van der Waals surface area contributed by atoms with Crippen LogP contribution >= 0.6 is 24.0 Å². The van der Waals surface area contributed by atoms with Crippen LogP contribution in [0, 0.1) is 0 Å². The Hall–Kier alpha value is -1.33. The van der Waals surface area contributed by atoms with Gasteiger partial charge in [0.25, 0.3) is 5.91 Å². The van der Waals surface area contributed by atoms with Crippen LogP contribution in [-0.2, 0) is 4.79 Å². The lowest BCUT2D eigenvalue weighted by molar-refractivity contribution is -0.121. The first-order valence-corrected chi connectivity index (χ1v) is 6.78. The van der Waals surface area contributed by atoms with Gasteiger partial charge >= 0.3 is 0 Å². The van der Waals surface area contributed by atoms with Crippen molar-refractivity contribution in [2.75, 3.05) is 13.7 Å². The van der Waals surface area contributed by atoms with E-state index in [9.17, 15) is 4.79 Å². The van der Waals surface area contributed by atoms with Crippen molar-refractivity contribution in [3.8, 4) is 5.75 Å². The molecule has 1 amide bonds. The van der Waals surface area contributed by atoms with Crippen LogP contribution in [0.25, 0.3) is 6.08 Å². The summed E-state index contributed by atoms with van der Waals surface area (Å²) in [6.45, 7) is 2.52. The van der Waals surface area contributed by atoms with Gasteiger partial charge in [-0.1, -0.05) is 42.2 Å². The molecule has 0 spiro atoms. The van der Waals surface area contributed by atoms with E-state index in [0.29, 0.717) is 15.8 Å². The molecule has 0 radical (unpaired) electrons. The minimum absolute atomic E-state index is 0.0293. The predicted octanol–water partition coefficient (Wildman–Crippen LogP) is 2.92. The normalized spacial score (nSPS) is 17.7. The third-order valence-electron chi connectivity index (χ3n) is 2.62. The summed E-state index contributed by atoms with van der Waals surface area (Å²) in [6.07, 6.45) is 1.83. The number of para-hydroxylation sites is 1. The van der Waals surface area contributed by atoms with Crippen LogP contribution in [0.3, 0.4) is 0 Å². The largest absolute Gasteiger partial charge is 0.496 e. The van der Waals surface area contributed by atoms with Crippen molar-refractivity contribution in [2.24, 2.45) is 0 Å². The van der Waals surface area contributed by atoms with Gasteiger partial charge in [-0.15, -0.1) is 0 Å². The lowest BCUT2D eigenvalue weighted by Gasteiger charge is -2.09. The molecule has 2 rings (SSSR count). The third kappa shape index (κ3) is 2.42. The van der Waals surface area contributed by atoms with Gasteiger partial charge in [0, 0.05) is 12.1 Å². The van der Waals surface area contributed by atoms with E-state index >= 15 is 0 Å². The Labute approximate surface area is 116 Å². The van der Waals surface area contributed by atoms with Gasteiger partial charge in [0.2, 0.25) is 0 Å². The van der Waals surface area contributed by atoms with Crippen molar-refractivity contribution in [1.29, 1.82) is 0 Å². The Morgan fingerprint density at radius 3 is 2.78 bits per heavy atom. The van der Waals surface area contributed by atoms with E-state index in [4.69, 9.17) is 17.0 Å². The third-order valence-corrected chi connectivity index (χ3v) is 3.99. The maximum atomic E-state index is 12.1. The van der Waals surface area contributed by atoms with E-state index in [0.717, 1.165) is 11.3 Å². The number of hydrogen-bond donors (Lipinski definition) is 0. The summed E-state index contributed by atoms with van der Waals surface area (Å²) in [4.78, 5) is 14.3. The highest BCUT2D eigenvalue weighted by molar-refractivity contribution is 8.26. The molecule has 0 aliphatic carbocycles.